The smallest absolute Gasteiger partial charge is 0.348 e. The first-order valence-corrected chi connectivity index (χ1v) is 12.7. The molecule has 0 atom stereocenters. The molecular formula is C29H31ClN4O5. The third-order valence-corrected chi connectivity index (χ3v) is 5.69. The van der Waals surface area contributed by atoms with Gasteiger partial charge in [0.15, 0.2) is 0 Å². The number of hydrogen-bond acceptors (Lipinski definition) is 8. The zero-order valence-corrected chi connectivity index (χ0v) is 23.3. The van der Waals surface area contributed by atoms with Crippen molar-refractivity contribution in [2.45, 2.75) is 27.2 Å². The molecule has 3 aromatic carbocycles. The SMILES string of the molecule is CCO/N=C(/C(C)=NOC(=NOC)C(=O)N(C)c1cccc(CC)c1)c1ccc(Oc2ccc(Cl)cc2)cc1. The topological polar surface area (TPSA) is 94.3 Å². The van der Waals surface area contributed by atoms with E-state index in [0.29, 0.717) is 45.8 Å². The van der Waals surface area contributed by atoms with Gasteiger partial charge in [-0.05, 0) is 91.7 Å². The number of nitrogens with zero attached hydrogens (tertiary/aromatic N) is 4. The van der Waals surface area contributed by atoms with Gasteiger partial charge in [0.05, 0.1) is 0 Å². The Balaban J connectivity index is 1.79. The molecule has 0 N–H and O–H groups in total. The zero-order chi connectivity index (χ0) is 28.2. The quantitative estimate of drug-likeness (QED) is 0.164. The summed E-state index contributed by atoms with van der Waals surface area (Å²) in [6.07, 6.45) is 0.838. The molecule has 0 aromatic heterocycles. The second-order valence-corrected chi connectivity index (χ2v) is 8.61. The van der Waals surface area contributed by atoms with Crippen molar-refractivity contribution in [3.8, 4) is 11.5 Å². The van der Waals surface area contributed by atoms with E-state index < -0.39 is 5.91 Å². The number of oxime groups is 3. The molecule has 0 bridgehead atoms. The van der Waals surface area contributed by atoms with Crippen LogP contribution in [0.15, 0.2) is 88.3 Å². The molecule has 0 aliphatic carbocycles. The van der Waals surface area contributed by atoms with E-state index in [1.165, 1.54) is 12.0 Å². The average Bonchev–Trinajstić information content (AvgIpc) is 2.96. The number of carbonyl (C=O) groups is 1. The summed E-state index contributed by atoms with van der Waals surface area (Å²) in [6.45, 7) is 5.89. The van der Waals surface area contributed by atoms with Crippen molar-refractivity contribution in [1.82, 2.24) is 0 Å². The molecule has 10 heteroatoms. The van der Waals surface area contributed by atoms with Crippen molar-refractivity contribution in [3.05, 3.63) is 88.9 Å². The average molecular weight is 551 g/mol. The summed E-state index contributed by atoms with van der Waals surface area (Å²) in [6, 6.07) is 21.9. The van der Waals surface area contributed by atoms with Gasteiger partial charge in [-0.25, -0.2) is 0 Å². The standard InChI is InChI=1S/C29H31ClN4O5/c1-6-21-9-8-10-24(19-21)34(4)29(35)28(33-36-5)39-31-20(3)27(32-37-7-2)22-11-15-25(16-12-22)38-26-17-13-23(30)14-18-26/h8-19H,6-7H2,1-5H3/b31-20?,32-27-,33-28?. The van der Waals surface area contributed by atoms with Gasteiger partial charge in [-0.15, -0.1) is 0 Å². The molecule has 0 fully saturated rings. The third kappa shape index (κ3) is 8.31. The number of hydrogen-bond donors (Lipinski definition) is 0. The number of aryl methyl sites for hydroxylation is 1. The second kappa shape index (κ2) is 14.5. The molecule has 204 valence electrons. The van der Waals surface area contributed by atoms with Crippen LogP contribution in [-0.4, -0.2) is 44.0 Å². The summed E-state index contributed by atoms with van der Waals surface area (Å²) < 4.78 is 5.86. The number of amides is 1. The molecular weight excluding hydrogens is 520 g/mol. The van der Waals surface area contributed by atoms with Crippen molar-refractivity contribution >= 4 is 40.5 Å². The van der Waals surface area contributed by atoms with Crippen LogP contribution in [0, 0.1) is 0 Å². The predicted molar refractivity (Wildman–Crippen MR) is 154 cm³/mol. The Kier molecular flexibility index (Phi) is 10.9. The van der Waals surface area contributed by atoms with Gasteiger partial charge in [-0.3, -0.25) is 4.79 Å². The number of benzene rings is 3. The van der Waals surface area contributed by atoms with E-state index in [1.807, 2.05) is 50.2 Å². The van der Waals surface area contributed by atoms with Crippen LogP contribution in [0.1, 0.15) is 31.9 Å². The maximum absolute atomic E-state index is 13.1. The van der Waals surface area contributed by atoms with Crippen molar-refractivity contribution in [2.24, 2.45) is 15.5 Å². The minimum absolute atomic E-state index is 0.344. The molecule has 0 spiro atoms. The fourth-order valence-corrected chi connectivity index (χ4v) is 3.48. The normalized spacial score (nSPS) is 12.1. The molecule has 39 heavy (non-hydrogen) atoms. The first kappa shape index (κ1) is 29.2. The molecule has 3 aromatic rings. The monoisotopic (exact) mass is 550 g/mol. The number of rotatable bonds is 10. The Bertz CT molecular complexity index is 1340. The van der Waals surface area contributed by atoms with Crippen molar-refractivity contribution < 1.29 is 24.0 Å². The number of anilines is 1. The van der Waals surface area contributed by atoms with Crippen LogP contribution in [0.5, 0.6) is 11.5 Å². The van der Waals surface area contributed by atoms with Crippen LogP contribution in [0.2, 0.25) is 5.02 Å². The van der Waals surface area contributed by atoms with Crippen molar-refractivity contribution in [3.63, 3.8) is 0 Å². The predicted octanol–water partition coefficient (Wildman–Crippen LogP) is 6.45. The molecule has 0 saturated carbocycles. The zero-order valence-electron chi connectivity index (χ0n) is 22.6. The van der Waals surface area contributed by atoms with Gasteiger partial charge >= 0.3 is 11.8 Å². The molecule has 0 unspecified atom stereocenters. The van der Waals surface area contributed by atoms with Crippen molar-refractivity contribution in [1.29, 1.82) is 0 Å². The van der Waals surface area contributed by atoms with Crippen LogP contribution in [0.4, 0.5) is 5.69 Å². The minimum Gasteiger partial charge on any atom is -0.457 e. The molecule has 0 radical (unpaired) electrons. The first-order chi connectivity index (χ1) is 18.9. The Labute approximate surface area is 233 Å². The minimum atomic E-state index is -0.534. The van der Waals surface area contributed by atoms with E-state index in [1.54, 1.807) is 50.4 Å². The molecule has 0 saturated heterocycles. The van der Waals surface area contributed by atoms with E-state index >= 15 is 0 Å². The number of carbonyl (C=O) groups excluding carboxylic acids is 1. The number of halogens is 1. The Morgan fingerprint density at radius 1 is 0.923 bits per heavy atom. The van der Waals surface area contributed by atoms with Crippen LogP contribution in [0.25, 0.3) is 0 Å². The maximum atomic E-state index is 13.1. The lowest BCUT2D eigenvalue weighted by Gasteiger charge is -2.17. The van der Waals surface area contributed by atoms with Crippen LogP contribution >= 0.6 is 11.6 Å². The third-order valence-electron chi connectivity index (χ3n) is 5.44. The van der Waals surface area contributed by atoms with E-state index in [-0.39, 0.29) is 5.90 Å². The highest BCUT2D eigenvalue weighted by molar-refractivity contribution is 6.47. The Morgan fingerprint density at radius 3 is 2.21 bits per heavy atom. The van der Waals surface area contributed by atoms with Gasteiger partial charge in [0, 0.05) is 23.3 Å². The lowest BCUT2D eigenvalue weighted by molar-refractivity contribution is -0.113. The summed E-state index contributed by atoms with van der Waals surface area (Å²) in [5, 5.41) is 12.7. The van der Waals surface area contributed by atoms with Gasteiger partial charge in [0.2, 0.25) is 0 Å². The summed E-state index contributed by atoms with van der Waals surface area (Å²) in [5.74, 6) is 0.401. The molecule has 9 nitrogen and oxygen atoms in total. The fraction of sp³-hybridized carbons (Fsp3) is 0.241. The molecule has 0 heterocycles. The lowest BCUT2D eigenvalue weighted by Crippen LogP contribution is -2.34. The lowest BCUT2D eigenvalue weighted by atomic mass is 10.1. The molecule has 3 rings (SSSR count). The van der Waals surface area contributed by atoms with E-state index in [4.69, 9.17) is 30.9 Å². The van der Waals surface area contributed by atoms with Crippen molar-refractivity contribution in [2.75, 3.05) is 25.7 Å². The van der Waals surface area contributed by atoms with E-state index in [9.17, 15) is 4.79 Å². The highest BCUT2D eigenvalue weighted by Gasteiger charge is 2.22. The summed E-state index contributed by atoms with van der Waals surface area (Å²) >= 11 is 5.94. The molecule has 1 amide bonds. The summed E-state index contributed by atoms with van der Waals surface area (Å²) in [4.78, 5) is 30.1. The van der Waals surface area contributed by atoms with Gasteiger partial charge in [-0.2, -0.15) is 0 Å². The maximum Gasteiger partial charge on any atom is 0.348 e. The largest absolute Gasteiger partial charge is 0.457 e. The molecule has 0 aliphatic heterocycles. The fourth-order valence-electron chi connectivity index (χ4n) is 3.35. The number of likely N-dealkylation sites (N-methyl/N-ethyl adjacent to an activating group) is 1. The van der Waals surface area contributed by atoms with Crippen LogP contribution < -0.4 is 9.64 Å². The summed E-state index contributed by atoms with van der Waals surface area (Å²) in [5.41, 5.74) is 3.23. The van der Waals surface area contributed by atoms with E-state index in [2.05, 4.69) is 15.5 Å². The van der Waals surface area contributed by atoms with Gasteiger partial charge in [-0.1, -0.05) is 41.0 Å². The Morgan fingerprint density at radius 2 is 1.59 bits per heavy atom. The second-order valence-electron chi connectivity index (χ2n) is 8.17. The van der Waals surface area contributed by atoms with Gasteiger partial charge in [0.25, 0.3) is 0 Å². The van der Waals surface area contributed by atoms with E-state index in [0.717, 1.165) is 12.0 Å². The summed E-state index contributed by atoms with van der Waals surface area (Å²) in [7, 11) is 2.94. The number of ether oxygens (including phenoxy) is 1. The van der Waals surface area contributed by atoms with Crippen LogP contribution in [-0.2, 0) is 25.7 Å². The van der Waals surface area contributed by atoms with Crippen LogP contribution in [0.3, 0.4) is 0 Å². The highest BCUT2D eigenvalue weighted by atomic mass is 35.5. The highest BCUT2D eigenvalue weighted by Crippen LogP contribution is 2.24. The first-order valence-electron chi connectivity index (χ1n) is 12.3. The molecule has 0 aliphatic rings. The van der Waals surface area contributed by atoms with Gasteiger partial charge in [0.1, 0.15) is 36.6 Å². The van der Waals surface area contributed by atoms with Gasteiger partial charge < -0.3 is 24.1 Å². The Hall–Kier alpha value is -4.37.